The highest BCUT2D eigenvalue weighted by atomic mass is 16.6. The van der Waals surface area contributed by atoms with Crippen molar-refractivity contribution >= 4 is 17.5 Å². The number of hydrogen-bond acceptors (Lipinski definition) is 5. The lowest BCUT2D eigenvalue weighted by Crippen LogP contribution is -2.24. The molecule has 0 amide bonds. The van der Waals surface area contributed by atoms with Gasteiger partial charge in [0.15, 0.2) is 0 Å². The highest BCUT2D eigenvalue weighted by Crippen LogP contribution is 2.29. The summed E-state index contributed by atoms with van der Waals surface area (Å²) in [5, 5.41) is 19.7. The van der Waals surface area contributed by atoms with Crippen LogP contribution in [0.15, 0.2) is 18.3 Å². The van der Waals surface area contributed by atoms with E-state index in [1.807, 2.05) is 0 Å². The molecule has 1 fully saturated rings. The largest absolute Gasteiger partial charge is 0.481 e. The Morgan fingerprint density at radius 2 is 2.41 bits per heavy atom. The molecule has 1 aliphatic heterocycles. The molecule has 0 radical (unpaired) electrons. The molecular weight excluding hydrogens is 226 g/mol. The molecule has 0 saturated carbocycles. The number of rotatable bonds is 3. The van der Waals surface area contributed by atoms with E-state index in [0.29, 0.717) is 13.0 Å². The number of pyridine rings is 1. The number of nitro groups is 1. The number of anilines is 1. The summed E-state index contributed by atoms with van der Waals surface area (Å²) >= 11 is 0. The first kappa shape index (κ1) is 11.3. The minimum Gasteiger partial charge on any atom is -0.481 e. The van der Waals surface area contributed by atoms with Crippen LogP contribution >= 0.6 is 0 Å². The Bertz CT molecular complexity index is 463. The lowest BCUT2D eigenvalue weighted by atomic mass is 10.1. The molecule has 2 rings (SSSR count). The molecular formula is C10H11N3O4. The van der Waals surface area contributed by atoms with Gasteiger partial charge >= 0.3 is 11.7 Å². The molecule has 0 spiro atoms. The smallest absolute Gasteiger partial charge is 0.311 e. The van der Waals surface area contributed by atoms with Crippen molar-refractivity contribution in [3.8, 4) is 0 Å². The van der Waals surface area contributed by atoms with Crippen LogP contribution in [0.25, 0.3) is 0 Å². The van der Waals surface area contributed by atoms with Crippen molar-refractivity contribution in [1.29, 1.82) is 0 Å². The molecule has 7 nitrogen and oxygen atoms in total. The molecule has 0 aromatic carbocycles. The third-order valence-corrected chi connectivity index (χ3v) is 2.80. The van der Waals surface area contributed by atoms with Gasteiger partial charge in [0.25, 0.3) is 0 Å². The predicted molar refractivity (Wildman–Crippen MR) is 58.8 cm³/mol. The maximum atomic E-state index is 10.8. The SMILES string of the molecule is O=C(O)C1CCN(c2ncccc2[N+](=O)[O-])C1. The zero-order valence-corrected chi connectivity index (χ0v) is 8.94. The first-order valence-corrected chi connectivity index (χ1v) is 5.16. The Balaban J connectivity index is 2.24. The van der Waals surface area contributed by atoms with Crippen LogP contribution in [0.4, 0.5) is 11.5 Å². The second kappa shape index (κ2) is 4.36. The fourth-order valence-electron chi connectivity index (χ4n) is 1.93. The van der Waals surface area contributed by atoms with E-state index in [1.54, 1.807) is 4.90 Å². The van der Waals surface area contributed by atoms with Gasteiger partial charge in [0, 0.05) is 25.4 Å². The molecule has 1 saturated heterocycles. The van der Waals surface area contributed by atoms with Crippen molar-refractivity contribution in [3.05, 3.63) is 28.4 Å². The molecule has 2 heterocycles. The van der Waals surface area contributed by atoms with Crippen molar-refractivity contribution in [2.24, 2.45) is 5.92 Å². The summed E-state index contributed by atoms with van der Waals surface area (Å²) in [5.41, 5.74) is -0.0847. The molecule has 90 valence electrons. The normalized spacial score (nSPS) is 19.3. The van der Waals surface area contributed by atoms with Gasteiger partial charge in [-0.15, -0.1) is 0 Å². The van der Waals surface area contributed by atoms with Crippen LogP contribution in [-0.2, 0) is 4.79 Å². The van der Waals surface area contributed by atoms with Gasteiger partial charge in [-0.05, 0) is 12.5 Å². The highest BCUT2D eigenvalue weighted by molar-refractivity contribution is 5.72. The van der Waals surface area contributed by atoms with E-state index in [9.17, 15) is 14.9 Å². The molecule has 1 aliphatic rings. The number of aromatic nitrogens is 1. The number of carboxylic acid groups (broad SMARTS) is 1. The monoisotopic (exact) mass is 237 g/mol. The lowest BCUT2D eigenvalue weighted by molar-refractivity contribution is -0.384. The molecule has 1 N–H and O–H groups in total. The Morgan fingerprint density at radius 3 is 3.00 bits per heavy atom. The van der Waals surface area contributed by atoms with Gasteiger partial charge < -0.3 is 10.0 Å². The van der Waals surface area contributed by atoms with E-state index in [2.05, 4.69) is 4.98 Å². The Hall–Kier alpha value is -2.18. The fourth-order valence-corrected chi connectivity index (χ4v) is 1.93. The first-order valence-electron chi connectivity index (χ1n) is 5.16. The van der Waals surface area contributed by atoms with E-state index < -0.39 is 16.8 Å². The summed E-state index contributed by atoms with van der Waals surface area (Å²) in [6, 6.07) is 2.86. The molecule has 1 aromatic heterocycles. The second-order valence-corrected chi connectivity index (χ2v) is 3.87. The van der Waals surface area contributed by atoms with E-state index in [-0.39, 0.29) is 18.1 Å². The molecule has 0 aliphatic carbocycles. The van der Waals surface area contributed by atoms with Gasteiger partial charge in [-0.1, -0.05) is 0 Å². The number of hydrogen-bond donors (Lipinski definition) is 1. The first-order chi connectivity index (χ1) is 8.09. The molecule has 1 atom stereocenters. The Kier molecular flexibility index (Phi) is 2.90. The molecule has 7 heteroatoms. The number of carbonyl (C=O) groups is 1. The summed E-state index contributed by atoms with van der Waals surface area (Å²) in [6.07, 6.45) is 1.96. The Morgan fingerprint density at radius 1 is 1.65 bits per heavy atom. The van der Waals surface area contributed by atoms with Gasteiger partial charge in [0.2, 0.25) is 5.82 Å². The van der Waals surface area contributed by atoms with Gasteiger partial charge in [-0.3, -0.25) is 14.9 Å². The van der Waals surface area contributed by atoms with Crippen LogP contribution in [0, 0.1) is 16.0 Å². The fraction of sp³-hybridized carbons (Fsp3) is 0.400. The van der Waals surface area contributed by atoms with Crippen LogP contribution in [0.5, 0.6) is 0 Å². The van der Waals surface area contributed by atoms with Crippen molar-refractivity contribution < 1.29 is 14.8 Å². The van der Waals surface area contributed by atoms with E-state index in [4.69, 9.17) is 5.11 Å². The van der Waals surface area contributed by atoms with E-state index >= 15 is 0 Å². The van der Waals surface area contributed by atoms with Crippen LogP contribution in [-0.4, -0.2) is 34.1 Å². The minimum absolute atomic E-state index is 0.0847. The van der Waals surface area contributed by atoms with Gasteiger partial charge in [0.05, 0.1) is 10.8 Å². The quantitative estimate of drug-likeness (QED) is 0.619. The lowest BCUT2D eigenvalue weighted by Gasteiger charge is -2.16. The third kappa shape index (κ3) is 2.17. The van der Waals surface area contributed by atoms with Crippen LogP contribution < -0.4 is 4.90 Å². The van der Waals surface area contributed by atoms with Crippen LogP contribution in [0.1, 0.15) is 6.42 Å². The van der Waals surface area contributed by atoms with Gasteiger partial charge in [-0.25, -0.2) is 4.98 Å². The molecule has 17 heavy (non-hydrogen) atoms. The van der Waals surface area contributed by atoms with Gasteiger partial charge in [0.1, 0.15) is 0 Å². The predicted octanol–water partition coefficient (Wildman–Crippen LogP) is 0.901. The number of carboxylic acids is 1. The summed E-state index contributed by atoms with van der Waals surface area (Å²) in [7, 11) is 0. The van der Waals surface area contributed by atoms with E-state index in [1.165, 1.54) is 18.3 Å². The number of aliphatic carboxylic acids is 1. The average Bonchev–Trinajstić information content (AvgIpc) is 2.78. The maximum absolute atomic E-state index is 10.8. The average molecular weight is 237 g/mol. The molecule has 1 aromatic rings. The van der Waals surface area contributed by atoms with Crippen molar-refractivity contribution in [1.82, 2.24) is 4.98 Å². The summed E-state index contributed by atoms with van der Waals surface area (Å²) in [5.74, 6) is -1.09. The Labute approximate surface area is 96.8 Å². The molecule has 1 unspecified atom stereocenters. The summed E-state index contributed by atoms with van der Waals surface area (Å²) in [4.78, 5) is 26.7. The zero-order chi connectivity index (χ0) is 12.4. The summed E-state index contributed by atoms with van der Waals surface area (Å²) < 4.78 is 0. The minimum atomic E-state index is -0.869. The summed E-state index contributed by atoms with van der Waals surface area (Å²) in [6.45, 7) is 0.752. The van der Waals surface area contributed by atoms with Crippen molar-refractivity contribution in [3.63, 3.8) is 0 Å². The van der Waals surface area contributed by atoms with Crippen molar-refractivity contribution in [2.75, 3.05) is 18.0 Å². The van der Waals surface area contributed by atoms with Crippen LogP contribution in [0.2, 0.25) is 0 Å². The highest BCUT2D eigenvalue weighted by Gasteiger charge is 2.32. The van der Waals surface area contributed by atoms with Crippen molar-refractivity contribution in [2.45, 2.75) is 6.42 Å². The molecule has 0 bridgehead atoms. The zero-order valence-electron chi connectivity index (χ0n) is 8.94. The number of nitrogens with zero attached hydrogens (tertiary/aromatic N) is 3. The van der Waals surface area contributed by atoms with Gasteiger partial charge in [-0.2, -0.15) is 0 Å². The maximum Gasteiger partial charge on any atom is 0.311 e. The second-order valence-electron chi connectivity index (χ2n) is 3.87. The standard InChI is InChI=1S/C10H11N3O4/c14-10(15)7-3-5-12(6-7)9-8(13(16)17)2-1-4-11-9/h1-2,4,7H,3,5-6H2,(H,14,15). The topological polar surface area (TPSA) is 96.6 Å². The van der Waals surface area contributed by atoms with Crippen LogP contribution in [0.3, 0.4) is 0 Å². The third-order valence-electron chi connectivity index (χ3n) is 2.80. The van der Waals surface area contributed by atoms with E-state index in [0.717, 1.165) is 0 Å².